The third-order valence-electron chi connectivity index (χ3n) is 3.35. The van der Waals surface area contributed by atoms with E-state index in [2.05, 4.69) is 12.2 Å². The van der Waals surface area contributed by atoms with Gasteiger partial charge in [0, 0.05) is 29.0 Å². The molecule has 110 valence electrons. The van der Waals surface area contributed by atoms with Crippen LogP contribution >= 0.6 is 23.1 Å². The van der Waals surface area contributed by atoms with Gasteiger partial charge in [-0.15, -0.1) is 11.3 Å². The van der Waals surface area contributed by atoms with Gasteiger partial charge in [0.15, 0.2) is 0 Å². The molecule has 5 nitrogen and oxygen atoms in total. The van der Waals surface area contributed by atoms with Crippen LogP contribution in [0.25, 0.3) is 0 Å². The average molecular weight is 314 g/mol. The Morgan fingerprint density at radius 3 is 2.70 bits per heavy atom. The van der Waals surface area contributed by atoms with Crippen LogP contribution in [0, 0.1) is 13.8 Å². The fourth-order valence-corrected chi connectivity index (χ4v) is 4.21. The molecule has 1 aromatic rings. The van der Waals surface area contributed by atoms with Crippen molar-refractivity contribution < 1.29 is 14.7 Å². The van der Waals surface area contributed by atoms with Crippen LogP contribution in [0.1, 0.15) is 27.7 Å². The van der Waals surface area contributed by atoms with Crippen LogP contribution in [0.3, 0.4) is 0 Å². The predicted molar refractivity (Wildman–Crippen MR) is 83.3 cm³/mol. The molecule has 0 saturated carbocycles. The van der Waals surface area contributed by atoms with E-state index in [0.717, 1.165) is 16.2 Å². The molecule has 0 aromatic carbocycles. The Bertz CT molecular complexity index is 542. The molecule has 2 rings (SSSR count). The molecule has 1 fully saturated rings. The van der Waals surface area contributed by atoms with Crippen LogP contribution in [0.15, 0.2) is 0 Å². The van der Waals surface area contributed by atoms with Gasteiger partial charge in [0.25, 0.3) is 0 Å². The lowest BCUT2D eigenvalue weighted by molar-refractivity contribution is 0.0697. The van der Waals surface area contributed by atoms with Crippen LogP contribution in [-0.4, -0.2) is 46.1 Å². The van der Waals surface area contributed by atoms with Crippen molar-refractivity contribution in [1.29, 1.82) is 0 Å². The van der Waals surface area contributed by atoms with Gasteiger partial charge in [0.1, 0.15) is 5.00 Å². The molecule has 1 saturated heterocycles. The highest BCUT2D eigenvalue weighted by Gasteiger charge is 2.25. The van der Waals surface area contributed by atoms with Gasteiger partial charge in [-0.05, 0) is 19.4 Å². The van der Waals surface area contributed by atoms with Gasteiger partial charge in [-0.25, -0.2) is 9.59 Å². The fraction of sp³-hybridized carbons (Fsp3) is 0.538. The number of amides is 2. The van der Waals surface area contributed by atoms with Crippen LogP contribution in [0.4, 0.5) is 9.80 Å². The standard InChI is InChI=1S/C13H18N2O3S2/c1-7-6-15(4-5-19-7)13(18)14-11-10(12(16)17)8(2)9(3)20-11/h7H,4-6H2,1-3H3,(H,14,18)(H,16,17). The zero-order valence-corrected chi connectivity index (χ0v) is 13.4. The van der Waals surface area contributed by atoms with Crippen molar-refractivity contribution in [2.24, 2.45) is 0 Å². The lowest BCUT2D eigenvalue weighted by atomic mass is 10.1. The number of nitrogens with one attached hydrogen (secondary N) is 1. The summed E-state index contributed by atoms with van der Waals surface area (Å²) in [6, 6.07) is -0.207. The first-order valence-electron chi connectivity index (χ1n) is 6.41. The quantitative estimate of drug-likeness (QED) is 0.880. The van der Waals surface area contributed by atoms with E-state index in [1.54, 1.807) is 11.8 Å². The highest BCUT2D eigenvalue weighted by Crippen LogP contribution is 2.32. The summed E-state index contributed by atoms with van der Waals surface area (Å²) >= 11 is 3.16. The van der Waals surface area contributed by atoms with E-state index in [0.29, 0.717) is 23.3 Å². The minimum atomic E-state index is -0.996. The zero-order chi connectivity index (χ0) is 14.9. The number of carbonyl (C=O) groups is 2. The van der Waals surface area contributed by atoms with Gasteiger partial charge in [-0.1, -0.05) is 6.92 Å². The Labute approximate surface area is 126 Å². The second-order valence-electron chi connectivity index (χ2n) is 4.85. The molecule has 0 bridgehead atoms. The summed E-state index contributed by atoms with van der Waals surface area (Å²) in [6.45, 7) is 7.12. The van der Waals surface area contributed by atoms with Gasteiger partial charge in [0.2, 0.25) is 0 Å². The molecule has 0 radical (unpaired) electrons. The first-order valence-corrected chi connectivity index (χ1v) is 8.27. The van der Waals surface area contributed by atoms with Crippen LogP contribution in [0.5, 0.6) is 0 Å². The van der Waals surface area contributed by atoms with E-state index >= 15 is 0 Å². The second-order valence-corrected chi connectivity index (χ2v) is 7.62. The SMILES string of the molecule is Cc1sc(NC(=O)N2CCSC(C)C2)c(C(=O)O)c1C. The number of carboxylic acid groups (broad SMARTS) is 1. The lowest BCUT2D eigenvalue weighted by Crippen LogP contribution is -2.43. The maximum Gasteiger partial charge on any atom is 0.338 e. The van der Waals surface area contributed by atoms with Crippen molar-refractivity contribution in [1.82, 2.24) is 4.90 Å². The van der Waals surface area contributed by atoms with E-state index in [-0.39, 0.29) is 11.6 Å². The number of thiophene rings is 1. The Balaban J connectivity index is 2.15. The Morgan fingerprint density at radius 1 is 1.40 bits per heavy atom. The van der Waals surface area contributed by atoms with E-state index < -0.39 is 5.97 Å². The second kappa shape index (κ2) is 6.05. The summed E-state index contributed by atoms with van der Waals surface area (Å²) in [5.74, 6) is -0.0761. The van der Waals surface area contributed by atoms with E-state index in [1.807, 2.05) is 18.7 Å². The molecule has 1 aliphatic heterocycles. The third-order valence-corrected chi connectivity index (χ3v) is 5.61. The number of rotatable bonds is 2. The molecule has 1 aliphatic rings. The number of urea groups is 1. The molecular weight excluding hydrogens is 296 g/mol. The van der Waals surface area contributed by atoms with Crippen molar-refractivity contribution >= 4 is 40.1 Å². The Kier molecular flexibility index (Phi) is 4.59. The molecule has 2 heterocycles. The first-order chi connectivity index (χ1) is 9.40. The molecule has 1 unspecified atom stereocenters. The number of aromatic carboxylic acids is 1. The van der Waals surface area contributed by atoms with Crippen LogP contribution < -0.4 is 5.32 Å². The topological polar surface area (TPSA) is 69.6 Å². The van der Waals surface area contributed by atoms with Gasteiger partial charge < -0.3 is 10.0 Å². The third kappa shape index (κ3) is 3.09. The summed E-state index contributed by atoms with van der Waals surface area (Å²) < 4.78 is 0. The smallest absolute Gasteiger partial charge is 0.338 e. The van der Waals surface area contributed by atoms with Crippen molar-refractivity contribution in [3.05, 3.63) is 16.0 Å². The van der Waals surface area contributed by atoms with Crippen molar-refractivity contribution in [2.45, 2.75) is 26.0 Å². The largest absolute Gasteiger partial charge is 0.478 e. The van der Waals surface area contributed by atoms with Gasteiger partial charge in [0.05, 0.1) is 5.56 Å². The van der Waals surface area contributed by atoms with Crippen molar-refractivity contribution in [3.63, 3.8) is 0 Å². The summed E-state index contributed by atoms with van der Waals surface area (Å²) in [4.78, 5) is 26.2. The first kappa shape index (κ1) is 15.2. The number of anilines is 1. The van der Waals surface area contributed by atoms with E-state index in [1.165, 1.54) is 11.3 Å². The number of carbonyl (C=O) groups excluding carboxylic acids is 1. The fourth-order valence-electron chi connectivity index (χ4n) is 2.15. The Morgan fingerprint density at radius 2 is 2.10 bits per heavy atom. The zero-order valence-electron chi connectivity index (χ0n) is 11.7. The van der Waals surface area contributed by atoms with Crippen LogP contribution in [-0.2, 0) is 0 Å². The highest BCUT2D eigenvalue weighted by atomic mass is 32.2. The van der Waals surface area contributed by atoms with Gasteiger partial charge in [-0.3, -0.25) is 5.32 Å². The average Bonchev–Trinajstić information content (AvgIpc) is 2.64. The number of nitrogens with zero attached hydrogens (tertiary/aromatic N) is 1. The lowest BCUT2D eigenvalue weighted by Gasteiger charge is -2.30. The molecule has 2 amide bonds. The molecule has 2 N–H and O–H groups in total. The van der Waals surface area contributed by atoms with Crippen molar-refractivity contribution in [3.8, 4) is 0 Å². The van der Waals surface area contributed by atoms with E-state index in [9.17, 15) is 14.7 Å². The van der Waals surface area contributed by atoms with Crippen LogP contribution in [0.2, 0.25) is 0 Å². The van der Waals surface area contributed by atoms with Gasteiger partial charge >= 0.3 is 12.0 Å². The van der Waals surface area contributed by atoms with Gasteiger partial charge in [-0.2, -0.15) is 11.8 Å². The number of aryl methyl sites for hydroxylation is 1. The summed E-state index contributed by atoms with van der Waals surface area (Å²) in [7, 11) is 0. The number of carboxylic acids is 1. The van der Waals surface area contributed by atoms with Crippen molar-refractivity contribution in [2.75, 3.05) is 24.2 Å². The number of hydrogen-bond acceptors (Lipinski definition) is 4. The molecule has 1 atom stereocenters. The van der Waals surface area contributed by atoms with E-state index in [4.69, 9.17) is 0 Å². The number of thioether (sulfide) groups is 1. The maximum absolute atomic E-state index is 12.2. The molecular formula is C13H18N2O3S2. The predicted octanol–water partition coefficient (Wildman–Crippen LogP) is 3.03. The number of hydrogen-bond donors (Lipinski definition) is 2. The molecule has 7 heteroatoms. The summed E-state index contributed by atoms with van der Waals surface area (Å²) in [5, 5.41) is 12.9. The molecule has 0 aliphatic carbocycles. The molecule has 1 aromatic heterocycles. The maximum atomic E-state index is 12.2. The highest BCUT2D eigenvalue weighted by molar-refractivity contribution is 7.99. The summed E-state index contributed by atoms with van der Waals surface area (Å²) in [6.07, 6.45) is 0. The molecule has 20 heavy (non-hydrogen) atoms. The molecule has 0 spiro atoms. The minimum absolute atomic E-state index is 0.207. The monoisotopic (exact) mass is 314 g/mol. The minimum Gasteiger partial charge on any atom is -0.478 e. The Hall–Kier alpha value is -1.21. The normalized spacial score (nSPS) is 18.9. The summed E-state index contributed by atoms with van der Waals surface area (Å²) in [5.41, 5.74) is 0.931.